The van der Waals surface area contributed by atoms with E-state index in [-0.39, 0.29) is 18.2 Å². The molecule has 8 heteroatoms. The molecule has 0 heterocycles. The molecule has 32 heavy (non-hydrogen) atoms. The van der Waals surface area contributed by atoms with Crippen molar-refractivity contribution in [1.29, 1.82) is 0 Å². The van der Waals surface area contributed by atoms with E-state index < -0.39 is 5.97 Å². The van der Waals surface area contributed by atoms with E-state index in [9.17, 15) is 9.59 Å². The number of nitrogens with zero attached hydrogens (tertiary/aromatic N) is 1. The van der Waals surface area contributed by atoms with Gasteiger partial charge in [0, 0.05) is 10.2 Å². The molecule has 0 spiro atoms. The molecule has 0 unspecified atom stereocenters. The first-order chi connectivity index (χ1) is 15.4. The summed E-state index contributed by atoms with van der Waals surface area (Å²) < 4.78 is 11.6. The molecule has 0 radical (unpaired) electrons. The molecule has 3 aromatic rings. The van der Waals surface area contributed by atoms with Crippen LogP contribution in [0.25, 0.3) is 0 Å². The van der Waals surface area contributed by atoms with Gasteiger partial charge in [0.2, 0.25) is 0 Å². The minimum absolute atomic E-state index is 0.0923. The summed E-state index contributed by atoms with van der Waals surface area (Å²) in [6.45, 7) is 2.08. The van der Waals surface area contributed by atoms with Crippen LogP contribution >= 0.6 is 15.9 Å². The topological polar surface area (TPSA) is 89.0 Å². The van der Waals surface area contributed by atoms with Crippen molar-refractivity contribution in [3.8, 4) is 11.5 Å². The molecule has 0 aromatic heterocycles. The maximum absolute atomic E-state index is 12.3. The molecule has 0 bridgehead atoms. The van der Waals surface area contributed by atoms with Gasteiger partial charge >= 0.3 is 5.97 Å². The smallest absolute Gasteiger partial charge is 0.343 e. The number of aryl methyl sites for hydroxylation is 1. The van der Waals surface area contributed by atoms with Crippen molar-refractivity contribution in [3.63, 3.8) is 0 Å². The molecule has 3 rings (SSSR count). The lowest BCUT2D eigenvalue weighted by atomic mass is 10.2. The minimum Gasteiger partial charge on any atom is -0.493 e. The maximum Gasteiger partial charge on any atom is 0.343 e. The van der Waals surface area contributed by atoms with Crippen LogP contribution in [0.15, 0.2) is 76.3 Å². The van der Waals surface area contributed by atoms with E-state index in [0.717, 1.165) is 15.7 Å². The number of hydrazone groups is 1. The number of amides is 1. The summed E-state index contributed by atoms with van der Waals surface area (Å²) in [5, 5.41) is 7.00. The van der Waals surface area contributed by atoms with Gasteiger partial charge in [-0.3, -0.25) is 4.79 Å². The summed E-state index contributed by atoms with van der Waals surface area (Å²) in [6, 6.07) is 19.6. The monoisotopic (exact) mass is 495 g/mol. The molecule has 0 fully saturated rings. The number of anilines is 1. The molecule has 0 aliphatic heterocycles. The Morgan fingerprint density at radius 1 is 1.03 bits per heavy atom. The largest absolute Gasteiger partial charge is 0.493 e. The normalized spacial score (nSPS) is 10.6. The Kier molecular flexibility index (Phi) is 7.99. The first-order valence-corrected chi connectivity index (χ1v) is 10.5. The summed E-state index contributed by atoms with van der Waals surface area (Å²) in [7, 11) is 1.48. The van der Waals surface area contributed by atoms with E-state index in [1.807, 2.05) is 31.2 Å². The first kappa shape index (κ1) is 23.0. The average molecular weight is 496 g/mol. The van der Waals surface area contributed by atoms with Gasteiger partial charge < -0.3 is 14.8 Å². The number of carbonyl (C=O) groups is 2. The molecular weight excluding hydrogens is 474 g/mol. The average Bonchev–Trinajstić information content (AvgIpc) is 2.79. The van der Waals surface area contributed by atoms with Crippen molar-refractivity contribution in [2.75, 3.05) is 19.0 Å². The van der Waals surface area contributed by atoms with Crippen LogP contribution in [0.5, 0.6) is 11.5 Å². The number of carbonyl (C=O) groups excluding carboxylic acids is 2. The van der Waals surface area contributed by atoms with Crippen LogP contribution in [-0.4, -0.2) is 31.7 Å². The molecule has 0 aliphatic rings. The van der Waals surface area contributed by atoms with Crippen LogP contribution < -0.4 is 20.2 Å². The minimum atomic E-state index is -0.495. The highest BCUT2D eigenvalue weighted by atomic mass is 79.9. The predicted molar refractivity (Wildman–Crippen MR) is 127 cm³/mol. The molecule has 0 saturated carbocycles. The fourth-order valence-electron chi connectivity index (χ4n) is 2.75. The van der Waals surface area contributed by atoms with E-state index in [1.54, 1.807) is 42.5 Å². The second-order valence-electron chi connectivity index (χ2n) is 6.82. The molecule has 1 amide bonds. The molecule has 0 saturated heterocycles. The molecule has 164 valence electrons. The van der Waals surface area contributed by atoms with Crippen molar-refractivity contribution in [3.05, 3.63) is 87.9 Å². The SMILES string of the molecule is COc1cc(/C=N/NC(=O)CNc2cccc(C)c2)ccc1OC(=O)c1ccc(Br)cc1. The third kappa shape index (κ3) is 6.68. The van der Waals surface area contributed by atoms with Gasteiger partial charge in [0.05, 0.1) is 25.4 Å². The van der Waals surface area contributed by atoms with Crippen LogP contribution in [0, 0.1) is 6.92 Å². The lowest BCUT2D eigenvalue weighted by molar-refractivity contribution is -0.119. The van der Waals surface area contributed by atoms with Crippen molar-refractivity contribution in [2.45, 2.75) is 6.92 Å². The van der Waals surface area contributed by atoms with Crippen LogP contribution in [0.2, 0.25) is 0 Å². The number of methoxy groups -OCH3 is 1. The molecule has 7 nitrogen and oxygen atoms in total. The number of halogens is 1. The summed E-state index contributed by atoms with van der Waals surface area (Å²) in [5.41, 5.74) is 5.52. The zero-order valence-electron chi connectivity index (χ0n) is 17.6. The first-order valence-electron chi connectivity index (χ1n) is 9.73. The number of esters is 1. The number of ether oxygens (including phenoxy) is 2. The van der Waals surface area contributed by atoms with Gasteiger partial charge in [-0.15, -0.1) is 0 Å². The van der Waals surface area contributed by atoms with Gasteiger partial charge in [-0.1, -0.05) is 28.1 Å². The van der Waals surface area contributed by atoms with Crippen molar-refractivity contribution >= 4 is 39.7 Å². The Balaban J connectivity index is 1.56. The lowest BCUT2D eigenvalue weighted by Crippen LogP contribution is -2.25. The zero-order chi connectivity index (χ0) is 22.9. The standard InChI is InChI=1S/C24H22BrN3O4/c1-16-4-3-5-20(12-16)26-15-23(29)28-27-14-17-6-11-21(22(13-17)31-2)32-24(30)18-7-9-19(25)10-8-18/h3-14,26H,15H2,1-2H3,(H,28,29)/b27-14+. The Morgan fingerprint density at radius 2 is 1.81 bits per heavy atom. The number of hydrogen-bond donors (Lipinski definition) is 2. The highest BCUT2D eigenvalue weighted by Gasteiger charge is 2.13. The number of hydrogen-bond acceptors (Lipinski definition) is 6. The van der Waals surface area contributed by atoms with E-state index in [1.165, 1.54) is 13.3 Å². The molecular formula is C24H22BrN3O4. The number of rotatable bonds is 8. The van der Waals surface area contributed by atoms with Crippen LogP contribution in [0.4, 0.5) is 5.69 Å². The van der Waals surface area contributed by atoms with Gasteiger partial charge in [0.1, 0.15) is 0 Å². The second kappa shape index (κ2) is 11.1. The van der Waals surface area contributed by atoms with Gasteiger partial charge in [-0.25, -0.2) is 10.2 Å². The Labute approximate surface area is 194 Å². The Morgan fingerprint density at radius 3 is 2.53 bits per heavy atom. The second-order valence-corrected chi connectivity index (χ2v) is 7.74. The summed E-state index contributed by atoms with van der Waals surface area (Å²) in [5.74, 6) is -0.129. The predicted octanol–water partition coefficient (Wildman–Crippen LogP) is 4.55. The number of nitrogens with one attached hydrogen (secondary N) is 2. The molecule has 2 N–H and O–H groups in total. The van der Waals surface area contributed by atoms with E-state index in [2.05, 4.69) is 31.8 Å². The van der Waals surface area contributed by atoms with Crippen molar-refractivity contribution in [1.82, 2.24) is 5.43 Å². The fraction of sp³-hybridized carbons (Fsp3) is 0.125. The number of benzene rings is 3. The van der Waals surface area contributed by atoms with Crippen molar-refractivity contribution in [2.24, 2.45) is 5.10 Å². The van der Waals surface area contributed by atoms with Gasteiger partial charge in [0.15, 0.2) is 11.5 Å². The highest BCUT2D eigenvalue weighted by molar-refractivity contribution is 9.10. The maximum atomic E-state index is 12.3. The quantitative estimate of drug-likeness (QED) is 0.207. The molecule has 0 aliphatic carbocycles. The van der Waals surface area contributed by atoms with E-state index in [4.69, 9.17) is 9.47 Å². The lowest BCUT2D eigenvalue weighted by Gasteiger charge is -2.10. The zero-order valence-corrected chi connectivity index (χ0v) is 19.2. The van der Waals surface area contributed by atoms with Crippen LogP contribution in [0.3, 0.4) is 0 Å². The van der Waals surface area contributed by atoms with E-state index in [0.29, 0.717) is 16.9 Å². The summed E-state index contributed by atoms with van der Waals surface area (Å²) in [4.78, 5) is 24.3. The summed E-state index contributed by atoms with van der Waals surface area (Å²) in [6.07, 6.45) is 1.48. The molecule has 3 aromatic carbocycles. The van der Waals surface area contributed by atoms with Crippen LogP contribution in [0.1, 0.15) is 21.5 Å². The van der Waals surface area contributed by atoms with Crippen molar-refractivity contribution < 1.29 is 19.1 Å². The van der Waals surface area contributed by atoms with Crippen LogP contribution in [-0.2, 0) is 4.79 Å². The van der Waals surface area contributed by atoms with Gasteiger partial charge in [-0.2, -0.15) is 5.10 Å². The molecule has 0 atom stereocenters. The van der Waals surface area contributed by atoms with E-state index >= 15 is 0 Å². The third-order valence-electron chi connectivity index (χ3n) is 4.34. The third-order valence-corrected chi connectivity index (χ3v) is 4.87. The Hall–Kier alpha value is -3.65. The summed E-state index contributed by atoms with van der Waals surface area (Å²) >= 11 is 3.33. The fourth-order valence-corrected chi connectivity index (χ4v) is 3.01. The van der Waals surface area contributed by atoms with Gasteiger partial charge in [-0.05, 0) is 72.6 Å². The highest BCUT2D eigenvalue weighted by Crippen LogP contribution is 2.28. The Bertz CT molecular complexity index is 1130. The van der Waals surface area contributed by atoms with Gasteiger partial charge in [0.25, 0.3) is 5.91 Å².